The van der Waals surface area contributed by atoms with Crippen molar-refractivity contribution in [3.05, 3.63) is 88.9 Å². The number of hydrogen-bond acceptors (Lipinski definition) is 3. The van der Waals surface area contributed by atoms with Gasteiger partial charge in [-0.15, -0.1) is 0 Å². The molecule has 3 aromatic rings. The van der Waals surface area contributed by atoms with Crippen molar-refractivity contribution in [2.75, 3.05) is 22.6 Å². The Morgan fingerprint density at radius 1 is 1.00 bits per heavy atom. The third-order valence-corrected chi connectivity index (χ3v) is 5.27. The van der Waals surface area contributed by atoms with Gasteiger partial charge in [0.1, 0.15) is 0 Å². The number of halogens is 1. The second kappa shape index (κ2) is 8.05. The van der Waals surface area contributed by atoms with Crippen LogP contribution in [0.15, 0.2) is 72.8 Å². The first-order valence-corrected chi connectivity index (χ1v) is 9.84. The zero-order valence-electron chi connectivity index (χ0n) is 16.6. The van der Waals surface area contributed by atoms with E-state index in [0.29, 0.717) is 22.0 Å². The van der Waals surface area contributed by atoms with Crippen LogP contribution in [-0.4, -0.2) is 18.9 Å². The minimum atomic E-state index is -0.188. The number of anilines is 3. The number of benzene rings is 3. The molecule has 30 heavy (non-hydrogen) atoms. The molecule has 3 aromatic carbocycles. The largest absolute Gasteiger partial charge is 0.354 e. The Balaban J connectivity index is 1.79. The second-order valence-electron chi connectivity index (χ2n) is 7.01. The van der Waals surface area contributed by atoms with Crippen LogP contribution in [0.1, 0.15) is 18.1 Å². The molecule has 6 heteroatoms. The van der Waals surface area contributed by atoms with Gasteiger partial charge >= 0.3 is 0 Å². The van der Waals surface area contributed by atoms with Crippen LogP contribution < -0.4 is 15.5 Å². The molecular weight excluding hydrogens is 398 g/mol. The fourth-order valence-corrected chi connectivity index (χ4v) is 3.54. The van der Waals surface area contributed by atoms with Gasteiger partial charge in [-0.05, 0) is 42.0 Å². The molecule has 2 amide bonds. The number of rotatable bonds is 4. The Morgan fingerprint density at radius 2 is 1.70 bits per heavy atom. The number of nitrogens with zero attached hydrogens (tertiary/aromatic N) is 1. The highest BCUT2D eigenvalue weighted by Gasteiger charge is 2.28. The summed E-state index contributed by atoms with van der Waals surface area (Å²) in [6, 6.07) is 22.5. The third kappa shape index (κ3) is 3.80. The normalized spacial score (nSPS) is 14.0. The topological polar surface area (TPSA) is 61.4 Å². The number of amides is 2. The minimum Gasteiger partial charge on any atom is -0.354 e. The Kier molecular flexibility index (Phi) is 5.29. The molecule has 5 nitrogen and oxygen atoms in total. The van der Waals surface area contributed by atoms with Crippen LogP contribution in [0.2, 0.25) is 5.02 Å². The molecule has 0 saturated heterocycles. The maximum absolute atomic E-state index is 12.9. The van der Waals surface area contributed by atoms with Gasteiger partial charge in [-0.3, -0.25) is 9.59 Å². The van der Waals surface area contributed by atoms with Crippen LogP contribution in [-0.2, 0) is 9.59 Å². The Morgan fingerprint density at radius 3 is 2.37 bits per heavy atom. The van der Waals surface area contributed by atoms with Crippen molar-refractivity contribution in [2.24, 2.45) is 0 Å². The van der Waals surface area contributed by atoms with E-state index in [1.165, 1.54) is 6.92 Å². The van der Waals surface area contributed by atoms with Crippen molar-refractivity contribution in [2.45, 2.75) is 6.92 Å². The van der Waals surface area contributed by atoms with Gasteiger partial charge in [-0.1, -0.05) is 48.0 Å². The number of hydrogen-bond donors (Lipinski definition) is 2. The molecule has 0 fully saturated rings. The molecule has 0 unspecified atom stereocenters. The van der Waals surface area contributed by atoms with Gasteiger partial charge in [0.2, 0.25) is 5.91 Å². The smallest absolute Gasteiger partial charge is 0.258 e. The molecular formula is C24H20ClN3O2. The highest BCUT2D eigenvalue weighted by Crippen LogP contribution is 2.38. The maximum Gasteiger partial charge on any atom is 0.258 e. The predicted molar refractivity (Wildman–Crippen MR) is 122 cm³/mol. The lowest BCUT2D eigenvalue weighted by Gasteiger charge is -2.17. The zero-order valence-corrected chi connectivity index (χ0v) is 17.3. The lowest BCUT2D eigenvalue weighted by Crippen LogP contribution is -2.22. The standard InChI is InChI=1S/C24H20ClN3O2/c1-15(29)28(2)19-11-9-18(10-12-19)26-23(16-6-4-3-5-7-16)22-20-13-8-17(25)14-21(20)27-24(22)30/h3-14,26H,1-2H3,(H,27,30)/b23-22-. The maximum atomic E-state index is 12.9. The molecule has 0 saturated carbocycles. The van der Waals surface area contributed by atoms with Crippen molar-refractivity contribution < 1.29 is 9.59 Å². The molecule has 0 spiro atoms. The summed E-state index contributed by atoms with van der Waals surface area (Å²) in [5, 5.41) is 6.86. The molecule has 4 rings (SSSR count). The summed E-state index contributed by atoms with van der Waals surface area (Å²) >= 11 is 6.10. The van der Waals surface area contributed by atoms with Crippen LogP contribution in [0.25, 0.3) is 11.3 Å². The van der Waals surface area contributed by atoms with E-state index < -0.39 is 0 Å². The first-order valence-electron chi connectivity index (χ1n) is 9.46. The summed E-state index contributed by atoms with van der Waals surface area (Å²) in [7, 11) is 1.73. The van der Waals surface area contributed by atoms with Gasteiger partial charge in [0.05, 0.1) is 17.0 Å². The SMILES string of the molecule is CC(=O)N(C)c1ccc(N/C(=C2\C(=O)Nc3cc(Cl)ccc32)c2ccccc2)cc1. The van der Waals surface area contributed by atoms with Crippen LogP contribution in [0.4, 0.5) is 17.1 Å². The third-order valence-electron chi connectivity index (χ3n) is 5.03. The fraction of sp³-hybridized carbons (Fsp3) is 0.0833. The lowest BCUT2D eigenvalue weighted by molar-refractivity contribution is -0.116. The van der Waals surface area contributed by atoms with Crippen molar-refractivity contribution in [1.82, 2.24) is 0 Å². The van der Waals surface area contributed by atoms with Crippen LogP contribution in [0.3, 0.4) is 0 Å². The molecule has 0 radical (unpaired) electrons. The molecule has 2 N–H and O–H groups in total. The van der Waals surface area contributed by atoms with E-state index in [-0.39, 0.29) is 11.8 Å². The molecule has 0 bridgehead atoms. The lowest BCUT2D eigenvalue weighted by atomic mass is 10.00. The van der Waals surface area contributed by atoms with Crippen LogP contribution in [0.5, 0.6) is 0 Å². The van der Waals surface area contributed by atoms with E-state index in [2.05, 4.69) is 10.6 Å². The van der Waals surface area contributed by atoms with E-state index in [0.717, 1.165) is 22.5 Å². The van der Waals surface area contributed by atoms with Gasteiger partial charge in [-0.25, -0.2) is 0 Å². The highest BCUT2D eigenvalue weighted by molar-refractivity contribution is 6.38. The van der Waals surface area contributed by atoms with Crippen molar-refractivity contribution in [1.29, 1.82) is 0 Å². The van der Waals surface area contributed by atoms with Gasteiger partial charge in [0, 0.05) is 35.9 Å². The van der Waals surface area contributed by atoms with E-state index >= 15 is 0 Å². The van der Waals surface area contributed by atoms with Gasteiger partial charge in [0.15, 0.2) is 0 Å². The Bertz CT molecular complexity index is 1150. The number of fused-ring (bicyclic) bond motifs is 1. The first-order chi connectivity index (χ1) is 14.4. The average Bonchev–Trinajstić information content (AvgIpc) is 3.07. The van der Waals surface area contributed by atoms with Gasteiger partial charge in [0.25, 0.3) is 5.91 Å². The second-order valence-corrected chi connectivity index (χ2v) is 7.45. The molecule has 1 aliphatic heterocycles. The Hall–Kier alpha value is -3.57. The van der Waals surface area contributed by atoms with E-state index in [4.69, 9.17) is 11.6 Å². The minimum absolute atomic E-state index is 0.0410. The summed E-state index contributed by atoms with van der Waals surface area (Å²) in [6.45, 7) is 1.52. The zero-order chi connectivity index (χ0) is 21.3. The first kappa shape index (κ1) is 19.7. The Labute approximate surface area is 180 Å². The summed E-state index contributed by atoms with van der Waals surface area (Å²) < 4.78 is 0. The van der Waals surface area contributed by atoms with Crippen LogP contribution >= 0.6 is 11.6 Å². The molecule has 0 atom stereocenters. The van der Waals surface area contributed by atoms with Crippen molar-refractivity contribution >= 4 is 51.7 Å². The number of carbonyl (C=O) groups is 2. The van der Waals surface area contributed by atoms with E-state index in [1.807, 2.05) is 60.7 Å². The average molecular weight is 418 g/mol. The van der Waals surface area contributed by atoms with E-state index in [1.54, 1.807) is 24.1 Å². The molecule has 1 heterocycles. The summed E-state index contributed by atoms with van der Waals surface area (Å²) in [5.41, 5.74) is 5.22. The predicted octanol–water partition coefficient (Wildman–Crippen LogP) is 5.26. The van der Waals surface area contributed by atoms with Gasteiger partial charge < -0.3 is 15.5 Å². The summed E-state index contributed by atoms with van der Waals surface area (Å²) in [4.78, 5) is 26.0. The molecule has 0 aromatic heterocycles. The van der Waals surface area contributed by atoms with Crippen molar-refractivity contribution in [3.8, 4) is 0 Å². The molecule has 0 aliphatic carbocycles. The monoisotopic (exact) mass is 417 g/mol. The number of nitrogens with one attached hydrogen (secondary N) is 2. The highest BCUT2D eigenvalue weighted by atomic mass is 35.5. The number of carbonyl (C=O) groups excluding carboxylic acids is 2. The van der Waals surface area contributed by atoms with Crippen molar-refractivity contribution in [3.63, 3.8) is 0 Å². The quantitative estimate of drug-likeness (QED) is 0.569. The van der Waals surface area contributed by atoms with Crippen LogP contribution in [0, 0.1) is 0 Å². The van der Waals surface area contributed by atoms with Gasteiger partial charge in [-0.2, -0.15) is 0 Å². The summed E-state index contributed by atoms with van der Waals surface area (Å²) in [5.74, 6) is -0.229. The molecule has 150 valence electrons. The fourth-order valence-electron chi connectivity index (χ4n) is 3.37. The molecule has 1 aliphatic rings. The summed E-state index contributed by atoms with van der Waals surface area (Å²) in [6.07, 6.45) is 0. The van der Waals surface area contributed by atoms with E-state index in [9.17, 15) is 9.59 Å².